The molecule has 3 fully saturated rings. The molecule has 11 heteroatoms. The van der Waals surface area contributed by atoms with Crippen LogP contribution in [0.3, 0.4) is 0 Å². The number of likely N-dealkylation sites (tertiary alicyclic amines) is 1. The Morgan fingerprint density at radius 2 is 2.02 bits per heavy atom. The molecule has 10 nitrogen and oxygen atoms in total. The summed E-state index contributed by atoms with van der Waals surface area (Å²) in [6.45, 7) is 10.6. The highest BCUT2D eigenvalue weighted by Gasteiger charge is 2.31. The number of pyridine rings is 1. The van der Waals surface area contributed by atoms with Crippen LogP contribution in [0.25, 0.3) is 10.9 Å². The van der Waals surface area contributed by atoms with Crippen molar-refractivity contribution in [2.75, 3.05) is 89.5 Å². The van der Waals surface area contributed by atoms with Gasteiger partial charge in [0.25, 0.3) is 0 Å². The molecule has 3 aromatic rings. The van der Waals surface area contributed by atoms with Crippen molar-refractivity contribution in [1.29, 1.82) is 0 Å². The molecule has 0 bridgehead atoms. The fourth-order valence-corrected chi connectivity index (χ4v) is 7.54. The number of carbonyl (C=O) groups is 1. The van der Waals surface area contributed by atoms with Gasteiger partial charge in [0.15, 0.2) is 5.13 Å². The molecular weight excluding hydrogens is 550 g/mol. The number of aromatic nitrogens is 2. The normalized spacial score (nSPS) is 21.5. The highest BCUT2D eigenvalue weighted by Crippen LogP contribution is 2.39. The summed E-state index contributed by atoms with van der Waals surface area (Å²) in [5.41, 5.74) is 4.14. The van der Waals surface area contributed by atoms with E-state index in [9.17, 15) is 4.79 Å². The van der Waals surface area contributed by atoms with Crippen LogP contribution in [-0.2, 0) is 9.53 Å². The standard InChI is InChI=1S/C31H43N7O3S/c1-22-18-23-6-4-8-32-28(23)29(30(22)40-3)37-10-5-9-36(12-13-37)26(19-27(39)33-24-7-11-35(2)20-24)25-21-42-31(34-25)38-14-16-41-17-15-38/h4,6,8,18,21,24,26H,5,7,9-17,19-20H2,1-3H3,(H,33,39). The number of benzene rings is 1. The van der Waals surface area contributed by atoms with Crippen molar-refractivity contribution in [2.24, 2.45) is 0 Å². The fourth-order valence-electron chi connectivity index (χ4n) is 6.61. The SMILES string of the molecule is COc1c(C)cc2cccnc2c1N1CCCN(C(CC(=O)NC2CCN(C)C2)c2csc(N3CCOCC3)n2)CC1. The van der Waals surface area contributed by atoms with Crippen molar-refractivity contribution in [3.8, 4) is 5.75 Å². The van der Waals surface area contributed by atoms with Crippen LogP contribution in [0.4, 0.5) is 10.8 Å². The largest absolute Gasteiger partial charge is 0.494 e. The van der Waals surface area contributed by atoms with Crippen LogP contribution in [0.15, 0.2) is 29.8 Å². The number of amides is 1. The molecule has 2 atom stereocenters. The second kappa shape index (κ2) is 13.1. The molecule has 2 aromatic heterocycles. The summed E-state index contributed by atoms with van der Waals surface area (Å²) in [4.78, 5) is 32.8. The van der Waals surface area contributed by atoms with Crippen molar-refractivity contribution in [1.82, 2.24) is 25.1 Å². The van der Waals surface area contributed by atoms with Crippen molar-refractivity contribution in [3.05, 3.63) is 41.0 Å². The molecule has 2 unspecified atom stereocenters. The van der Waals surface area contributed by atoms with Gasteiger partial charge in [0.05, 0.1) is 37.6 Å². The van der Waals surface area contributed by atoms with Gasteiger partial charge in [-0.2, -0.15) is 0 Å². The van der Waals surface area contributed by atoms with Crippen LogP contribution in [0.2, 0.25) is 0 Å². The van der Waals surface area contributed by atoms with Crippen LogP contribution in [0.5, 0.6) is 5.75 Å². The topological polar surface area (TPSA) is 86.3 Å². The Hall–Kier alpha value is -2.99. The summed E-state index contributed by atoms with van der Waals surface area (Å²) < 4.78 is 11.5. The molecule has 3 saturated heterocycles. The summed E-state index contributed by atoms with van der Waals surface area (Å²) in [6, 6.07) is 6.40. The molecule has 1 aromatic carbocycles. The van der Waals surface area contributed by atoms with Crippen molar-refractivity contribution in [2.45, 2.75) is 38.3 Å². The number of likely N-dealkylation sites (N-methyl/N-ethyl adjacent to an activating group) is 1. The number of nitrogens with zero attached hydrogens (tertiary/aromatic N) is 6. The molecule has 0 saturated carbocycles. The summed E-state index contributed by atoms with van der Waals surface area (Å²) in [7, 11) is 3.86. The summed E-state index contributed by atoms with van der Waals surface area (Å²) >= 11 is 1.68. The maximum Gasteiger partial charge on any atom is 0.222 e. The highest BCUT2D eigenvalue weighted by molar-refractivity contribution is 7.13. The zero-order valence-electron chi connectivity index (χ0n) is 25.1. The number of rotatable bonds is 8. The van der Waals surface area contributed by atoms with E-state index in [1.165, 1.54) is 0 Å². The van der Waals surface area contributed by atoms with Crippen LogP contribution in [-0.4, -0.2) is 111 Å². The average Bonchev–Trinajstić information content (AvgIpc) is 3.58. The van der Waals surface area contributed by atoms with Gasteiger partial charge in [-0.3, -0.25) is 14.7 Å². The summed E-state index contributed by atoms with van der Waals surface area (Å²) in [5, 5.41) is 7.62. The van der Waals surface area contributed by atoms with Crippen LogP contribution in [0.1, 0.15) is 36.6 Å². The molecule has 1 N–H and O–H groups in total. The van der Waals surface area contributed by atoms with Crippen molar-refractivity contribution in [3.63, 3.8) is 0 Å². The summed E-state index contributed by atoms with van der Waals surface area (Å²) in [5.74, 6) is 1.000. The maximum atomic E-state index is 13.4. The minimum absolute atomic E-state index is 0.0793. The number of carbonyl (C=O) groups excluding carboxylic acids is 1. The molecule has 0 radical (unpaired) electrons. The van der Waals surface area contributed by atoms with Crippen LogP contribution >= 0.6 is 11.3 Å². The lowest BCUT2D eigenvalue weighted by Gasteiger charge is -2.31. The minimum Gasteiger partial charge on any atom is -0.494 e. The third-order valence-corrected chi connectivity index (χ3v) is 9.69. The van der Waals surface area contributed by atoms with E-state index >= 15 is 0 Å². The van der Waals surface area contributed by atoms with E-state index in [0.717, 1.165) is 117 Å². The van der Waals surface area contributed by atoms with Crippen molar-refractivity contribution >= 4 is 39.0 Å². The lowest BCUT2D eigenvalue weighted by molar-refractivity contribution is -0.123. The zero-order valence-corrected chi connectivity index (χ0v) is 25.9. The third-order valence-electron chi connectivity index (χ3n) is 8.77. The highest BCUT2D eigenvalue weighted by atomic mass is 32.1. The number of morpholine rings is 1. The minimum atomic E-state index is -0.0793. The lowest BCUT2D eigenvalue weighted by Crippen LogP contribution is -2.40. The molecule has 226 valence electrons. The Kier molecular flexibility index (Phi) is 9.09. The number of hydrogen-bond acceptors (Lipinski definition) is 10. The van der Waals surface area contributed by atoms with Gasteiger partial charge in [0.2, 0.25) is 5.91 Å². The van der Waals surface area contributed by atoms with E-state index in [1.54, 1.807) is 18.4 Å². The van der Waals surface area contributed by atoms with E-state index in [-0.39, 0.29) is 18.0 Å². The van der Waals surface area contributed by atoms with Crippen LogP contribution in [0, 0.1) is 6.92 Å². The predicted octanol–water partition coefficient (Wildman–Crippen LogP) is 3.31. The number of fused-ring (bicyclic) bond motifs is 1. The average molecular weight is 594 g/mol. The number of anilines is 2. The Balaban J connectivity index is 1.24. The van der Waals surface area contributed by atoms with Gasteiger partial charge in [-0.1, -0.05) is 6.07 Å². The fraction of sp³-hybridized carbons (Fsp3) is 0.581. The second-order valence-corrected chi connectivity index (χ2v) is 12.6. The molecule has 1 amide bonds. The molecule has 3 aliphatic rings. The van der Waals surface area contributed by atoms with E-state index in [0.29, 0.717) is 6.42 Å². The first-order chi connectivity index (χ1) is 20.5. The molecule has 0 aliphatic carbocycles. The number of hydrogen-bond donors (Lipinski definition) is 1. The zero-order chi connectivity index (χ0) is 29.1. The Morgan fingerprint density at radius 3 is 2.81 bits per heavy atom. The number of nitrogens with one attached hydrogen (secondary N) is 1. The second-order valence-electron chi connectivity index (χ2n) is 11.7. The Morgan fingerprint density at radius 1 is 1.17 bits per heavy atom. The first-order valence-electron chi connectivity index (χ1n) is 15.2. The van der Waals surface area contributed by atoms with Gasteiger partial charge in [0, 0.05) is 75.2 Å². The van der Waals surface area contributed by atoms with E-state index < -0.39 is 0 Å². The molecule has 42 heavy (non-hydrogen) atoms. The Bertz CT molecular complexity index is 1380. The number of thiazole rings is 1. The first kappa shape index (κ1) is 29.1. The third kappa shape index (κ3) is 6.34. The van der Waals surface area contributed by atoms with Gasteiger partial charge in [-0.15, -0.1) is 11.3 Å². The number of ether oxygens (including phenoxy) is 2. The van der Waals surface area contributed by atoms with Crippen LogP contribution < -0.4 is 19.9 Å². The van der Waals surface area contributed by atoms with Gasteiger partial charge < -0.3 is 29.5 Å². The molecular formula is C31H43N7O3S. The van der Waals surface area contributed by atoms with Crippen molar-refractivity contribution < 1.29 is 14.3 Å². The monoisotopic (exact) mass is 593 g/mol. The van der Waals surface area contributed by atoms with Gasteiger partial charge >= 0.3 is 0 Å². The Labute approximate surface area is 252 Å². The van der Waals surface area contributed by atoms with Gasteiger partial charge in [-0.05, 0) is 51.1 Å². The lowest BCUT2D eigenvalue weighted by atomic mass is 10.1. The molecule has 3 aliphatic heterocycles. The summed E-state index contributed by atoms with van der Waals surface area (Å²) in [6.07, 6.45) is 4.24. The van der Waals surface area contributed by atoms with E-state index in [1.807, 2.05) is 12.3 Å². The predicted molar refractivity (Wildman–Crippen MR) is 168 cm³/mol. The quantitative estimate of drug-likeness (QED) is 0.423. The maximum absolute atomic E-state index is 13.4. The first-order valence-corrected chi connectivity index (χ1v) is 16.1. The molecule has 5 heterocycles. The number of methoxy groups -OCH3 is 1. The molecule has 6 rings (SSSR count). The smallest absolute Gasteiger partial charge is 0.222 e. The van der Waals surface area contributed by atoms with Gasteiger partial charge in [0.1, 0.15) is 11.4 Å². The number of aryl methyl sites for hydroxylation is 1. The van der Waals surface area contributed by atoms with Gasteiger partial charge in [-0.25, -0.2) is 4.98 Å². The van der Waals surface area contributed by atoms with E-state index in [2.05, 4.69) is 56.4 Å². The van der Waals surface area contributed by atoms with E-state index in [4.69, 9.17) is 19.4 Å². The molecule has 0 spiro atoms.